The Morgan fingerprint density at radius 3 is 2.43 bits per heavy atom. The summed E-state index contributed by atoms with van der Waals surface area (Å²) in [5.74, 6) is 0.474. The molecule has 2 aromatic carbocycles. The van der Waals surface area contributed by atoms with E-state index in [1.807, 2.05) is 36.2 Å². The van der Waals surface area contributed by atoms with Gasteiger partial charge in [-0.1, -0.05) is 39.7 Å². The first-order chi connectivity index (χ1) is 13.3. The van der Waals surface area contributed by atoms with Crippen molar-refractivity contribution in [2.75, 3.05) is 26.9 Å². The zero-order valence-electron chi connectivity index (χ0n) is 15.6. The standard InChI is InChI=1S/C20H21BrClN3O3/c1-20(14-3-7-16(22)8-4-14)18(26)25(19(27)23-20)13-24(2)11-12-28-17-9-5-15(21)6-10-17/h3-10H,11-13H2,1-2H3,(H,23,27)/t20-/m0/s1. The summed E-state index contributed by atoms with van der Waals surface area (Å²) < 4.78 is 6.68. The summed E-state index contributed by atoms with van der Waals surface area (Å²) in [6.45, 7) is 2.88. The highest BCUT2D eigenvalue weighted by Gasteiger charge is 2.49. The van der Waals surface area contributed by atoms with Crippen LogP contribution in [0.3, 0.4) is 0 Å². The molecule has 1 N–H and O–H groups in total. The number of nitrogens with zero attached hydrogens (tertiary/aromatic N) is 2. The van der Waals surface area contributed by atoms with Crippen LogP contribution in [0.5, 0.6) is 5.75 Å². The highest BCUT2D eigenvalue weighted by Crippen LogP contribution is 2.29. The molecule has 8 heteroatoms. The molecule has 0 bridgehead atoms. The van der Waals surface area contributed by atoms with Gasteiger partial charge in [-0.2, -0.15) is 0 Å². The Morgan fingerprint density at radius 2 is 1.79 bits per heavy atom. The molecule has 0 radical (unpaired) electrons. The maximum absolute atomic E-state index is 12.9. The van der Waals surface area contributed by atoms with E-state index >= 15 is 0 Å². The van der Waals surface area contributed by atoms with Crippen molar-refractivity contribution in [1.82, 2.24) is 15.1 Å². The second-order valence-electron chi connectivity index (χ2n) is 6.82. The summed E-state index contributed by atoms with van der Waals surface area (Å²) in [4.78, 5) is 28.4. The Kier molecular flexibility index (Phi) is 6.27. The van der Waals surface area contributed by atoms with E-state index in [4.69, 9.17) is 16.3 Å². The van der Waals surface area contributed by atoms with Crippen molar-refractivity contribution >= 4 is 39.5 Å². The van der Waals surface area contributed by atoms with Crippen LogP contribution in [-0.4, -0.2) is 48.6 Å². The fraction of sp³-hybridized carbons (Fsp3) is 0.300. The number of imide groups is 1. The lowest BCUT2D eigenvalue weighted by Gasteiger charge is -2.24. The molecule has 0 saturated carbocycles. The first-order valence-electron chi connectivity index (χ1n) is 8.76. The Labute approximate surface area is 177 Å². The number of hydrogen-bond acceptors (Lipinski definition) is 4. The third-order valence-electron chi connectivity index (χ3n) is 4.63. The van der Waals surface area contributed by atoms with Gasteiger partial charge in [-0.25, -0.2) is 9.69 Å². The first kappa shape index (κ1) is 20.6. The fourth-order valence-corrected chi connectivity index (χ4v) is 3.36. The maximum Gasteiger partial charge on any atom is 0.326 e. The molecule has 3 amide bonds. The van der Waals surface area contributed by atoms with Crippen LogP contribution < -0.4 is 10.1 Å². The van der Waals surface area contributed by atoms with Crippen LogP contribution in [0.4, 0.5) is 4.79 Å². The van der Waals surface area contributed by atoms with Gasteiger partial charge in [0.25, 0.3) is 5.91 Å². The van der Waals surface area contributed by atoms with Gasteiger partial charge < -0.3 is 10.1 Å². The number of likely N-dealkylation sites (N-methyl/N-ethyl adjacent to an activating group) is 1. The van der Waals surface area contributed by atoms with Gasteiger partial charge >= 0.3 is 6.03 Å². The third kappa shape index (κ3) is 4.48. The number of amides is 3. The largest absolute Gasteiger partial charge is 0.492 e. The predicted octanol–water partition coefficient (Wildman–Crippen LogP) is 3.84. The lowest BCUT2D eigenvalue weighted by Crippen LogP contribution is -2.43. The molecule has 3 rings (SSSR count). The zero-order chi connectivity index (χ0) is 20.3. The van der Waals surface area contributed by atoms with Crippen LogP contribution in [0.2, 0.25) is 5.02 Å². The van der Waals surface area contributed by atoms with Crippen LogP contribution in [-0.2, 0) is 10.3 Å². The zero-order valence-corrected chi connectivity index (χ0v) is 18.0. The van der Waals surface area contributed by atoms with Crippen molar-refractivity contribution < 1.29 is 14.3 Å². The Morgan fingerprint density at radius 1 is 1.14 bits per heavy atom. The Hall–Kier alpha value is -2.09. The van der Waals surface area contributed by atoms with Gasteiger partial charge in [0, 0.05) is 16.0 Å². The molecule has 1 atom stereocenters. The molecule has 6 nitrogen and oxygen atoms in total. The van der Waals surface area contributed by atoms with Crippen molar-refractivity contribution in [3.05, 3.63) is 63.6 Å². The monoisotopic (exact) mass is 465 g/mol. The molecule has 148 valence electrons. The molecule has 0 aromatic heterocycles. The molecular weight excluding hydrogens is 446 g/mol. The van der Waals surface area contributed by atoms with E-state index in [0.29, 0.717) is 23.7 Å². The van der Waals surface area contributed by atoms with Crippen LogP contribution in [0, 0.1) is 0 Å². The van der Waals surface area contributed by atoms with Crippen LogP contribution in [0.1, 0.15) is 12.5 Å². The molecule has 0 aliphatic carbocycles. The van der Waals surface area contributed by atoms with E-state index in [2.05, 4.69) is 21.2 Å². The van der Waals surface area contributed by atoms with Crippen molar-refractivity contribution in [2.24, 2.45) is 0 Å². The number of rotatable bonds is 7. The second kappa shape index (κ2) is 8.51. The minimum atomic E-state index is -1.10. The lowest BCUT2D eigenvalue weighted by molar-refractivity contribution is -0.132. The van der Waals surface area contributed by atoms with Gasteiger partial charge in [-0.3, -0.25) is 9.69 Å². The van der Waals surface area contributed by atoms with Gasteiger partial charge in [0.15, 0.2) is 0 Å². The van der Waals surface area contributed by atoms with Crippen molar-refractivity contribution in [3.63, 3.8) is 0 Å². The number of halogens is 2. The number of nitrogens with one attached hydrogen (secondary N) is 1. The van der Waals surface area contributed by atoms with Crippen molar-refractivity contribution in [2.45, 2.75) is 12.5 Å². The number of urea groups is 1. The molecule has 2 aromatic rings. The third-order valence-corrected chi connectivity index (χ3v) is 5.42. The number of carbonyl (C=O) groups excluding carboxylic acids is 2. The molecule has 1 aliphatic rings. The number of benzene rings is 2. The van der Waals surface area contributed by atoms with E-state index in [0.717, 1.165) is 10.2 Å². The molecule has 0 unspecified atom stereocenters. The quantitative estimate of drug-likeness (QED) is 0.630. The molecule has 0 spiro atoms. The molecular formula is C20H21BrClN3O3. The molecule has 28 heavy (non-hydrogen) atoms. The average Bonchev–Trinajstić information content (AvgIpc) is 2.88. The van der Waals surface area contributed by atoms with Gasteiger partial charge in [-0.15, -0.1) is 0 Å². The molecule has 1 heterocycles. The summed E-state index contributed by atoms with van der Waals surface area (Å²) in [7, 11) is 1.84. The Bertz CT molecular complexity index is 860. The van der Waals surface area contributed by atoms with E-state index in [1.54, 1.807) is 31.2 Å². The van der Waals surface area contributed by atoms with Crippen LogP contribution >= 0.6 is 27.5 Å². The lowest BCUT2D eigenvalue weighted by atomic mass is 9.92. The van der Waals surface area contributed by atoms with Gasteiger partial charge in [0.05, 0.1) is 6.67 Å². The van der Waals surface area contributed by atoms with E-state index in [1.165, 1.54) is 4.90 Å². The van der Waals surface area contributed by atoms with E-state index in [9.17, 15) is 9.59 Å². The topological polar surface area (TPSA) is 61.9 Å². The average molecular weight is 467 g/mol. The highest BCUT2D eigenvalue weighted by molar-refractivity contribution is 9.10. The summed E-state index contributed by atoms with van der Waals surface area (Å²) in [6, 6.07) is 14.1. The number of hydrogen-bond donors (Lipinski definition) is 1. The highest BCUT2D eigenvalue weighted by atomic mass is 79.9. The molecule has 1 aliphatic heterocycles. The summed E-state index contributed by atoms with van der Waals surface area (Å²) in [6.07, 6.45) is 0. The second-order valence-corrected chi connectivity index (χ2v) is 8.17. The van der Waals surface area contributed by atoms with E-state index in [-0.39, 0.29) is 12.6 Å². The van der Waals surface area contributed by atoms with Gasteiger partial charge in [0.2, 0.25) is 0 Å². The normalized spacial score (nSPS) is 19.2. The van der Waals surface area contributed by atoms with Crippen LogP contribution in [0.25, 0.3) is 0 Å². The number of carbonyl (C=O) groups is 2. The minimum Gasteiger partial charge on any atom is -0.492 e. The van der Waals surface area contributed by atoms with Crippen molar-refractivity contribution in [3.8, 4) is 5.75 Å². The van der Waals surface area contributed by atoms with Crippen LogP contribution in [0.15, 0.2) is 53.0 Å². The smallest absolute Gasteiger partial charge is 0.326 e. The summed E-state index contributed by atoms with van der Waals surface area (Å²) in [5, 5.41) is 3.37. The molecule has 1 saturated heterocycles. The fourth-order valence-electron chi connectivity index (χ4n) is 2.97. The van der Waals surface area contributed by atoms with Crippen molar-refractivity contribution in [1.29, 1.82) is 0 Å². The summed E-state index contributed by atoms with van der Waals surface area (Å²) >= 11 is 9.30. The SMILES string of the molecule is CN(CCOc1ccc(Br)cc1)CN1C(=O)N[C@@](C)(c2ccc(Cl)cc2)C1=O. The number of ether oxygens (including phenoxy) is 1. The Balaban J connectivity index is 1.57. The van der Waals surface area contributed by atoms with Gasteiger partial charge in [-0.05, 0) is 55.9 Å². The minimum absolute atomic E-state index is 0.178. The maximum atomic E-state index is 12.9. The van der Waals surface area contributed by atoms with E-state index < -0.39 is 11.6 Å². The summed E-state index contributed by atoms with van der Waals surface area (Å²) in [5.41, 5.74) is -0.407. The first-order valence-corrected chi connectivity index (χ1v) is 9.94. The molecule has 1 fully saturated rings. The predicted molar refractivity (Wildman–Crippen MR) is 111 cm³/mol. The van der Waals surface area contributed by atoms with Gasteiger partial charge in [0.1, 0.15) is 17.9 Å².